The largest absolute Gasteiger partial charge is 0.298 e. The van der Waals surface area contributed by atoms with Gasteiger partial charge in [-0.3, -0.25) is 4.90 Å². The highest BCUT2D eigenvalue weighted by molar-refractivity contribution is 9.10. The molecule has 0 aliphatic heterocycles. The Morgan fingerprint density at radius 1 is 1.05 bits per heavy atom. The monoisotopic (exact) mass is 341 g/mol. The van der Waals surface area contributed by atoms with E-state index in [1.54, 1.807) is 6.07 Å². The second kappa shape index (κ2) is 6.51. The lowest BCUT2D eigenvalue weighted by Crippen LogP contribution is -2.17. The number of halogens is 3. The van der Waals surface area contributed by atoms with Crippen molar-refractivity contribution >= 4 is 27.5 Å². The molecule has 0 aliphatic carbocycles. The summed E-state index contributed by atoms with van der Waals surface area (Å²) in [5.41, 5.74) is 2.28. The summed E-state index contributed by atoms with van der Waals surface area (Å²) in [5, 5.41) is 0.744. The molecule has 0 aliphatic rings. The molecule has 100 valence electrons. The van der Waals surface area contributed by atoms with E-state index in [0.717, 1.165) is 23.7 Å². The van der Waals surface area contributed by atoms with Gasteiger partial charge in [0.2, 0.25) is 0 Å². The molecule has 0 unspecified atom stereocenters. The Morgan fingerprint density at radius 3 is 2.26 bits per heavy atom. The third-order valence-electron chi connectivity index (χ3n) is 2.80. The van der Waals surface area contributed by atoms with Crippen LogP contribution >= 0.6 is 27.5 Å². The lowest BCUT2D eigenvalue weighted by Gasteiger charge is -2.17. The summed E-state index contributed by atoms with van der Waals surface area (Å²) >= 11 is 9.06. The maximum atomic E-state index is 13.1. The van der Waals surface area contributed by atoms with E-state index < -0.39 is 0 Å². The van der Waals surface area contributed by atoms with Crippen molar-refractivity contribution in [2.75, 3.05) is 7.05 Å². The van der Waals surface area contributed by atoms with Crippen molar-refractivity contribution in [3.05, 3.63) is 68.9 Å². The molecule has 2 rings (SSSR count). The summed E-state index contributed by atoms with van der Waals surface area (Å²) in [6.45, 7) is 1.59. The summed E-state index contributed by atoms with van der Waals surface area (Å²) in [6.07, 6.45) is 0. The van der Waals surface area contributed by atoms with Gasteiger partial charge in [-0.25, -0.2) is 4.39 Å². The predicted octanol–water partition coefficient (Wildman–Crippen LogP) is 4.87. The van der Waals surface area contributed by atoms with Gasteiger partial charge in [0.05, 0.1) is 4.47 Å². The van der Waals surface area contributed by atoms with Crippen LogP contribution < -0.4 is 0 Å². The normalized spacial score (nSPS) is 11.0. The van der Waals surface area contributed by atoms with Crippen LogP contribution in [0.25, 0.3) is 0 Å². The molecule has 0 N–H and O–H groups in total. The smallest absolute Gasteiger partial charge is 0.137 e. The highest BCUT2D eigenvalue weighted by Crippen LogP contribution is 2.18. The molecule has 19 heavy (non-hydrogen) atoms. The van der Waals surface area contributed by atoms with Gasteiger partial charge in [0, 0.05) is 18.1 Å². The minimum absolute atomic E-state index is 0.232. The highest BCUT2D eigenvalue weighted by atomic mass is 79.9. The highest BCUT2D eigenvalue weighted by Gasteiger charge is 2.05. The lowest BCUT2D eigenvalue weighted by atomic mass is 10.2. The molecule has 0 radical (unpaired) electrons. The predicted molar refractivity (Wildman–Crippen MR) is 80.7 cm³/mol. The van der Waals surface area contributed by atoms with E-state index >= 15 is 0 Å². The summed E-state index contributed by atoms with van der Waals surface area (Å²) in [6, 6.07) is 12.9. The van der Waals surface area contributed by atoms with E-state index in [0.29, 0.717) is 4.47 Å². The Kier molecular flexibility index (Phi) is 4.97. The van der Waals surface area contributed by atoms with Crippen molar-refractivity contribution in [1.29, 1.82) is 0 Å². The van der Waals surface area contributed by atoms with Crippen molar-refractivity contribution < 1.29 is 4.39 Å². The molecule has 0 aromatic heterocycles. The zero-order valence-corrected chi connectivity index (χ0v) is 12.9. The summed E-state index contributed by atoms with van der Waals surface area (Å²) < 4.78 is 13.7. The third-order valence-corrected chi connectivity index (χ3v) is 3.66. The fraction of sp³-hybridized carbons (Fsp3) is 0.200. The van der Waals surface area contributed by atoms with Gasteiger partial charge in [-0.1, -0.05) is 29.8 Å². The Balaban J connectivity index is 1.98. The zero-order valence-electron chi connectivity index (χ0n) is 10.5. The second-order valence-electron chi connectivity index (χ2n) is 4.55. The molecule has 2 aromatic carbocycles. The van der Waals surface area contributed by atoms with Crippen LogP contribution in [0.2, 0.25) is 5.02 Å². The van der Waals surface area contributed by atoms with E-state index in [1.165, 1.54) is 11.6 Å². The van der Waals surface area contributed by atoms with Crippen LogP contribution in [-0.2, 0) is 13.1 Å². The molecule has 0 spiro atoms. The molecule has 4 heteroatoms. The first-order chi connectivity index (χ1) is 9.04. The van der Waals surface area contributed by atoms with Crippen LogP contribution in [0.3, 0.4) is 0 Å². The number of rotatable bonds is 4. The van der Waals surface area contributed by atoms with Crippen LogP contribution in [0.15, 0.2) is 46.9 Å². The van der Waals surface area contributed by atoms with Crippen molar-refractivity contribution in [2.45, 2.75) is 13.1 Å². The molecule has 0 amide bonds. The molecule has 0 bridgehead atoms. The zero-order chi connectivity index (χ0) is 13.8. The van der Waals surface area contributed by atoms with Gasteiger partial charge in [-0.05, 0) is 58.4 Å². The fourth-order valence-corrected chi connectivity index (χ4v) is 2.46. The molecule has 2 aromatic rings. The first-order valence-corrected chi connectivity index (χ1v) is 7.08. The van der Waals surface area contributed by atoms with Crippen LogP contribution in [0.4, 0.5) is 4.39 Å². The topological polar surface area (TPSA) is 3.24 Å². The van der Waals surface area contributed by atoms with Gasteiger partial charge < -0.3 is 0 Å². The lowest BCUT2D eigenvalue weighted by molar-refractivity contribution is 0.319. The molecule has 0 saturated carbocycles. The Labute approximate surface area is 126 Å². The Morgan fingerprint density at radius 2 is 1.63 bits per heavy atom. The van der Waals surface area contributed by atoms with Gasteiger partial charge >= 0.3 is 0 Å². The summed E-state index contributed by atoms with van der Waals surface area (Å²) in [7, 11) is 2.03. The maximum absolute atomic E-state index is 13.1. The first-order valence-electron chi connectivity index (χ1n) is 5.91. The average molecular weight is 343 g/mol. The van der Waals surface area contributed by atoms with Crippen LogP contribution in [0, 0.1) is 5.82 Å². The quantitative estimate of drug-likeness (QED) is 0.766. The SMILES string of the molecule is CN(Cc1ccc(Cl)cc1)Cc1ccc(F)c(Br)c1. The van der Waals surface area contributed by atoms with Gasteiger partial charge in [-0.15, -0.1) is 0 Å². The molecular weight excluding hydrogens is 329 g/mol. The van der Waals surface area contributed by atoms with E-state index in [9.17, 15) is 4.39 Å². The number of nitrogens with zero attached hydrogens (tertiary/aromatic N) is 1. The Hall–Kier alpha value is -0.900. The van der Waals surface area contributed by atoms with E-state index in [1.807, 2.05) is 37.4 Å². The van der Waals surface area contributed by atoms with Crippen molar-refractivity contribution in [3.8, 4) is 0 Å². The van der Waals surface area contributed by atoms with Crippen molar-refractivity contribution in [2.24, 2.45) is 0 Å². The van der Waals surface area contributed by atoms with Gasteiger partial charge in [0.25, 0.3) is 0 Å². The van der Waals surface area contributed by atoms with E-state index in [-0.39, 0.29) is 5.82 Å². The molecule has 0 heterocycles. The van der Waals surface area contributed by atoms with Gasteiger partial charge in [-0.2, -0.15) is 0 Å². The summed E-state index contributed by atoms with van der Waals surface area (Å²) in [5.74, 6) is -0.232. The first kappa shape index (κ1) is 14.5. The summed E-state index contributed by atoms with van der Waals surface area (Å²) in [4.78, 5) is 2.17. The van der Waals surface area contributed by atoms with E-state index in [4.69, 9.17) is 11.6 Å². The van der Waals surface area contributed by atoms with Crippen LogP contribution in [0.1, 0.15) is 11.1 Å². The minimum Gasteiger partial charge on any atom is -0.298 e. The van der Waals surface area contributed by atoms with Gasteiger partial charge in [0.15, 0.2) is 0 Å². The molecule has 0 fully saturated rings. The molecule has 1 nitrogen and oxygen atoms in total. The number of hydrogen-bond donors (Lipinski definition) is 0. The molecular formula is C15H14BrClFN. The third kappa shape index (κ3) is 4.30. The minimum atomic E-state index is -0.232. The fourth-order valence-electron chi connectivity index (χ4n) is 1.91. The average Bonchev–Trinajstić information content (AvgIpc) is 2.37. The van der Waals surface area contributed by atoms with Crippen molar-refractivity contribution in [3.63, 3.8) is 0 Å². The van der Waals surface area contributed by atoms with Gasteiger partial charge in [0.1, 0.15) is 5.82 Å². The molecule has 0 saturated heterocycles. The number of hydrogen-bond acceptors (Lipinski definition) is 1. The van der Waals surface area contributed by atoms with E-state index in [2.05, 4.69) is 20.8 Å². The standard InChI is InChI=1S/C15H14BrClFN/c1-19(9-11-2-5-13(17)6-3-11)10-12-4-7-15(18)14(16)8-12/h2-8H,9-10H2,1H3. The number of benzene rings is 2. The molecule has 0 atom stereocenters. The second-order valence-corrected chi connectivity index (χ2v) is 5.84. The van der Waals surface area contributed by atoms with Crippen molar-refractivity contribution in [1.82, 2.24) is 4.90 Å². The van der Waals surface area contributed by atoms with Crippen LogP contribution in [-0.4, -0.2) is 11.9 Å². The maximum Gasteiger partial charge on any atom is 0.137 e. The van der Waals surface area contributed by atoms with Crippen LogP contribution in [0.5, 0.6) is 0 Å². The Bertz CT molecular complexity index is 557.